The molecular formula is C11H10N4OS2. The number of nitriles is 1. The molecule has 1 aromatic heterocycles. The van der Waals surface area contributed by atoms with Crippen molar-refractivity contribution in [2.75, 3.05) is 13.4 Å². The second-order valence-electron chi connectivity index (χ2n) is 3.19. The normalized spacial score (nSPS) is 11.3. The van der Waals surface area contributed by atoms with E-state index in [1.807, 2.05) is 30.6 Å². The van der Waals surface area contributed by atoms with Gasteiger partial charge >= 0.3 is 0 Å². The van der Waals surface area contributed by atoms with Crippen LogP contribution in [0.25, 0.3) is 10.2 Å². The van der Waals surface area contributed by atoms with Crippen molar-refractivity contribution in [1.29, 1.82) is 5.26 Å². The number of ether oxygens (including phenoxy) is 1. The number of nitrogens with one attached hydrogen (secondary N) is 1. The third-order valence-corrected chi connectivity index (χ3v) is 3.63. The summed E-state index contributed by atoms with van der Waals surface area (Å²) in [6, 6.07) is 5.67. The number of thiazole rings is 1. The Hall–Kier alpha value is -1.78. The van der Waals surface area contributed by atoms with Crippen LogP contribution < -0.4 is 10.1 Å². The number of rotatable bonds is 2. The molecule has 0 aliphatic rings. The lowest BCUT2D eigenvalue weighted by molar-refractivity contribution is 0.415. The van der Waals surface area contributed by atoms with Crippen LogP contribution in [0.15, 0.2) is 23.2 Å². The van der Waals surface area contributed by atoms with Gasteiger partial charge in [0, 0.05) is 0 Å². The maximum atomic E-state index is 8.57. The third kappa shape index (κ3) is 2.72. The van der Waals surface area contributed by atoms with Crippen molar-refractivity contribution < 1.29 is 4.74 Å². The fraction of sp³-hybridized carbons (Fsp3) is 0.182. The van der Waals surface area contributed by atoms with Crippen LogP contribution in [0.3, 0.4) is 0 Å². The smallest absolute Gasteiger partial charge is 0.212 e. The Morgan fingerprint density at radius 2 is 2.44 bits per heavy atom. The SMILES string of the molecule is COc1ccc2nc(/N=C(\NC#N)SC)sc2c1. The number of methoxy groups -OCH3 is 1. The van der Waals surface area contributed by atoms with Gasteiger partial charge in [-0.15, -0.1) is 0 Å². The minimum absolute atomic E-state index is 0.531. The Balaban J connectivity index is 2.38. The monoisotopic (exact) mass is 278 g/mol. The van der Waals surface area contributed by atoms with E-state index >= 15 is 0 Å². The molecule has 0 saturated heterocycles. The first-order chi connectivity index (χ1) is 8.76. The topological polar surface area (TPSA) is 70.3 Å². The van der Waals surface area contributed by atoms with Gasteiger partial charge in [0.15, 0.2) is 11.4 Å². The van der Waals surface area contributed by atoms with Crippen molar-refractivity contribution in [3.05, 3.63) is 18.2 Å². The highest BCUT2D eigenvalue weighted by Crippen LogP contribution is 2.31. The van der Waals surface area contributed by atoms with E-state index in [0.717, 1.165) is 16.0 Å². The quantitative estimate of drug-likeness (QED) is 0.396. The molecule has 0 saturated carbocycles. The van der Waals surface area contributed by atoms with Gasteiger partial charge in [-0.1, -0.05) is 23.1 Å². The number of benzene rings is 1. The molecule has 0 fully saturated rings. The number of nitrogens with zero attached hydrogens (tertiary/aromatic N) is 3. The molecule has 0 aliphatic carbocycles. The van der Waals surface area contributed by atoms with E-state index in [1.54, 1.807) is 7.11 Å². The zero-order chi connectivity index (χ0) is 13.0. The molecule has 92 valence electrons. The summed E-state index contributed by atoms with van der Waals surface area (Å²) in [5, 5.41) is 12.2. The fourth-order valence-corrected chi connectivity index (χ4v) is 2.58. The Kier molecular flexibility index (Phi) is 4.02. The Bertz CT molecular complexity index is 629. The van der Waals surface area contributed by atoms with Crippen LogP contribution in [0.5, 0.6) is 5.75 Å². The molecule has 0 amide bonds. The standard InChI is InChI=1S/C11H10N4OS2/c1-16-7-3-4-8-9(5-7)18-11(14-8)15-10(17-2)13-6-12/h3-5H,1-2H3,(H,13,14,15). The van der Waals surface area contributed by atoms with E-state index in [-0.39, 0.29) is 0 Å². The summed E-state index contributed by atoms with van der Waals surface area (Å²) < 4.78 is 6.16. The van der Waals surface area contributed by atoms with Gasteiger partial charge in [0.05, 0.1) is 17.3 Å². The average molecular weight is 278 g/mol. The van der Waals surface area contributed by atoms with E-state index in [9.17, 15) is 0 Å². The molecule has 0 unspecified atom stereocenters. The average Bonchev–Trinajstić information content (AvgIpc) is 2.79. The van der Waals surface area contributed by atoms with E-state index in [1.165, 1.54) is 23.1 Å². The third-order valence-electron chi connectivity index (χ3n) is 2.14. The van der Waals surface area contributed by atoms with Gasteiger partial charge < -0.3 is 4.74 Å². The Morgan fingerprint density at radius 1 is 1.61 bits per heavy atom. The minimum Gasteiger partial charge on any atom is -0.497 e. The second-order valence-corrected chi connectivity index (χ2v) is 4.99. The Labute approximate surface area is 113 Å². The van der Waals surface area contributed by atoms with Crippen LogP contribution in [0.2, 0.25) is 0 Å². The summed E-state index contributed by atoms with van der Waals surface area (Å²) in [5.74, 6) is 0.793. The predicted molar refractivity (Wildman–Crippen MR) is 75.5 cm³/mol. The Morgan fingerprint density at radius 3 is 3.11 bits per heavy atom. The van der Waals surface area contributed by atoms with Crippen molar-refractivity contribution in [2.24, 2.45) is 4.99 Å². The summed E-state index contributed by atoms with van der Waals surface area (Å²) in [7, 11) is 1.63. The van der Waals surface area contributed by atoms with Crippen molar-refractivity contribution >= 4 is 43.6 Å². The number of thioether (sulfide) groups is 1. The first-order valence-corrected chi connectivity index (χ1v) is 7.03. The molecule has 0 radical (unpaired) electrons. The lowest BCUT2D eigenvalue weighted by Crippen LogP contribution is -2.12. The number of fused-ring (bicyclic) bond motifs is 1. The minimum atomic E-state index is 0.531. The van der Waals surface area contributed by atoms with E-state index < -0.39 is 0 Å². The van der Waals surface area contributed by atoms with Gasteiger partial charge in [-0.3, -0.25) is 5.32 Å². The zero-order valence-corrected chi connectivity index (χ0v) is 11.4. The number of hydrogen-bond donors (Lipinski definition) is 1. The molecular weight excluding hydrogens is 268 g/mol. The molecule has 0 bridgehead atoms. The van der Waals surface area contributed by atoms with Crippen LogP contribution in [0.1, 0.15) is 0 Å². The first kappa shape index (κ1) is 12.7. The van der Waals surface area contributed by atoms with Crippen molar-refractivity contribution in [3.8, 4) is 11.9 Å². The highest BCUT2D eigenvalue weighted by Gasteiger charge is 2.05. The lowest BCUT2D eigenvalue weighted by atomic mass is 10.3. The van der Waals surface area contributed by atoms with Crippen LogP contribution in [-0.2, 0) is 0 Å². The van der Waals surface area contributed by atoms with Crippen LogP contribution in [-0.4, -0.2) is 23.5 Å². The molecule has 1 aromatic carbocycles. The number of amidine groups is 1. The highest BCUT2D eigenvalue weighted by molar-refractivity contribution is 8.13. The zero-order valence-electron chi connectivity index (χ0n) is 9.80. The molecule has 2 rings (SSSR count). The van der Waals surface area contributed by atoms with Crippen LogP contribution in [0, 0.1) is 11.5 Å². The second kappa shape index (κ2) is 5.71. The van der Waals surface area contributed by atoms with Gasteiger partial charge in [-0.05, 0) is 24.5 Å². The van der Waals surface area contributed by atoms with Gasteiger partial charge in [0.1, 0.15) is 5.75 Å². The highest BCUT2D eigenvalue weighted by atomic mass is 32.2. The number of aliphatic imine (C=N–C) groups is 1. The molecule has 18 heavy (non-hydrogen) atoms. The number of aromatic nitrogens is 1. The molecule has 0 spiro atoms. The van der Waals surface area contributed by atoms with Gasteiger partial charge in [-0.2, -0.15) is 10.3 Å². The summed E-state index contributed by atoms with van der Waals surface area (Å²) >= 11 is 2.82. The molecule has 0 aliphatic heterocycles. The number of hydrogen-bond acceptors (Lipinski definition) is 6. The molecule has 0 atom stereocenters. The lowest BCUT2D eigenvalue weighted by Gasteiger charge is -1.96. The van der Waals surface area contributed by atoms with Crippen molar-refractivity contribution in [1.82, 2.24) is 10.3 Å². The summed E-state index contributed by atoms with van der Waals surface area (Å²) in [5.41, 5.74) is 0.872. The van der Waals surface area contributed by atoms with Crippen LogP contribution >= 0.6 is 23.1 Å². The summed E-state index contributed by atoms with van der Waals surface area (Å²) in [4.78, 5) is 8.64. The maximum Gasteiger partial charge on any atom is 0.212 e. The van der Waals surface area contributed by atoms with E-state index in [2.05, 4.69) is 15.3 Å². The van der Waals surface area contributed by atoms with E-state index in [0.29, 0.717) is 10.3 Å². The molecule has 7 heteroatoms. The molecule has 5 nitrogen and oxygen atoms in total. The largest absolute Gasteiger partial charge is 0.497 e. The van der Waals surface area contributed by atoms with Crippen molar-refractivity contribution in [2.45, 2.75) is 0 Å². The summed E-state index contributed by atoms with van der Waals surface area (Å²) in [6.07, 6.45) is 3.69. The molecule has 2 aromatic rings. The van der Waals surface area contributed by atoms with E-state index in [4.69, 9.17) is 10.00 Å². The van der Waals surface area contributed by atoms with Crippen molar-refractivity contribution in [3.63, 3.8) is 0 Å². The van der Waals surface area contributed by atoms with Gasteiger partial charge in [0.2, 0.25) is 5.13 Å². The van der Waals surface area contributed by atoms with Crippen LogP contribution in [0.4, 0.5) is 5.13 Å². The summed E-state index contributed by atoms with van der Waals surface area (Å²) in [6.45, 7) is 0. The molecule has 1 N–H and O–H groups in total. The fourth-order valence-electron chi connectivity index (χ4n) is 1.33. The maximum absolute atomic E-state index is 8.57. The van der Waals surface area contributed by atoms with Gasteiger partial charge in [-0.25, -0.2) is 4.98 Å². The van der Waals surface area contributed by atoms with Gasteiger partial charge in [0.25, 0.3) is 0 Å². The predicted octanol–water partition coefficient (Wildman–Crippen LogP) is 2.73. The first-order valence-electron chi connectivity index (χ1n) is 4.99. The molecule has 1 heterocycles.